The van der Waals surface area contributed by atoms with Crippen LogP contribution in [0.3, 0.4) is 0 Å². The summed E-state index contributed by atoms with van der Waals surface area (Å²) in [7, 11) is 0. The zero-order valence-electron chi connectivity index (χ0n) is 13.9. The van der Waals surface area contributed by atoms with Gasteiger partial charge in [-0.15, -0.1) is 0 Å². The maximum atomic E-state index is 3.01. The molecule has 0 fully saturated rings. The van der Waals surface area contributed by atoms with Gasteiger partial charge in [0, 0.05) is 24.3 Å². The molecule has 21 heavy (non-hydrogen) atoms. The summed E-state index contributed by atoms with van der Waals surface area (Å²) in [4.78, 5) is 6.02. The van der Waals surface area contributed by atoms with Crippen LogP contribution in [-0.2, 0) is 0 Å². The standard InChI is InChI=1S/2C9H13N.Mg/c2*1-3-8(2)9-4-6-10-7-5-9;/h2*4-8H,3H2,1-2H3;/q;;+2/p+2. The SMILES string of the molecule is CCC(C)c1cc[nH+]cc1.CCC(C)c1cc[nH+]cc1.[Mg+2]. The molecular formula is C18H28MgN2+4. The van der Waals surface area contributed by atoms with E-state index < -0.39 is 0 Å². The number of H-pyrrole nitrogens is 2. The Morgan fingerprint density at radius 3 is 1.24 bits per heavy atom. The van der Waals surface area contributed by atoms with Crippen molar-refractivity contribution in [3.63, 3.8) is 0 Å². The van der Waals surface area contributed by atoms with E-state index in [1.54, 1.807) is 0 Å². The summed E-state index contributed by atoms with van der Waals surface area (Å²) in [6.07, 6.45) is 10.3. The average Bonchev–Trinajstić information content (AvgIpc) is 2.55. The fraction of sp³-hybridized carbons (Fsp3) is 0.444. The molecule has 108 valence electrons. The Morgan fingerprint density at radius 2 is 1.00 bits per heavy atom. The van der Waals surface area contributed by atoms with E-state index in [2.05, 4.69) is 61.9 Å². The van der Waals surface area contributed by atoms with Crippen LogP contribution in [0.1, 0.15) is 63.5 Å². The Balaban J connectivity index is 0.000000364. The van der Waals surface area contributed by atoms with Crippen molar-refractivity contribution in [3.8, 4) is 0 Å². The number of pyridine rings is 2. The second-order valence-electron chi connectivity index (χ2n) is 5.29. The summed E-state index contributed by atoms with van der Waals surface area (Å²) in [6, 6.07) is 8.53. The van der Waals surface area contributed by atoms with Gasteiger partial charge in [0.15, 0.2) is 24.8 Å². The average molecular weight is 297 g/mol. The monoisotopic (exact) mass is 296 g/mol. The molecule has 0 amide bonds. The van der Waals surface area contributed by atoms with Gasteiger partial charge in [0.2, 0.25) is 0 Å². The van der Waals surface area contributed by atoms with Crippen molar-refractivity contribution in [3.05, 3.63) is 60.2 Å². The van der Waals surface area contributed by atoms with Crippen molar-refractivity contribution < 1.29 is 9.97 Å². The molecule has 0 saturated carbocycles. The van der Waals surface area contributed by atoms with E-state index in [4.69, 9.17) is 0 Å². The molecule has 2 N–H and O–H groups in total. The van der Waals surface area contributed by atoms with Crippen LogP contribution in [0.15, 0.2) is 49.1 Å². The Bertz CT molecular complexity index is 414. The van der Waals surface area contributed by atoms with E-state index in [9.17, 15) is 0 Å². The molecule has 2 rings (SSSR count). The first-order chi connectivity index (χ1) is 9.69. The largest absolute Gasteiger partial charge is 2.00 e. The van der Waals surface area contributed by atoms with Crippen LogP contribution >= 0.6 is 0 Å². The fourth-order valence-corrected chi connectivity index (χ4v) is 1.93. The van der Waals surface area contributed by atoms with Crippen molar-refractivity contribution in [2.45, 2.75) is 52.4 Å². The topological polar surface area (TPSA) is 28.3 Å². The van der Waals surface area contributed by atoms with Crippen molar-refractivity contribution in [2.75, 3.05) is 0 Å². The predicted molar refractivity (Wildman–Crippen MR) is 89.2 cm³/mol. The predicted octanol–water partition coefficient (Wildman–Crippen LogP) is 3.65. The molecule has 2 nitrogen and oxygen atoms in total. The minimum atomic E-state index is 0. The molecular weight excluding hydrogens is 269 g/mol. The van der Waals surface area contributed by atoms with Crippen LogP contribution in [0.25, 0.3) is 0 Å². The Morgan fingerprint density at radius 1 is 0.714 bits per heavy atom. The molecule has 0 aliphatic heterocycles. The van der Waals surface area contributed by atoms with Crippen molar-refractivity contribution in [2.24, 2.45) is 0 Å². The van der Waals surface area contributed by atoms with Crippen molar-refractivity contribution in [1.29, 1.82) is 0 Å². The third kappa shape index (κ3) is 7.58. The van der Waals surface area contributed by atoms with Gasteiger partial charge >= 0.3 is 23.1 Å². The van der Waals surface area contributed by atoms with Gasteiger partial charge in [0.25, 0.3) is 0 Å². The number of nitrogens with one attached hydrogen (secondary N) is 2. The summed E-state index contributed by atoms with van der Waals surface area (Å²) >= 11 is 0. The van der Waals surface area contributed by atoms with E-state index in [0.29, 0.717) is 11.8 Å². The second kappa shape index (κ2) is 11.7. The van der Waals surface area contributed by atoms with Gasteiger partial charge in [0.05, 0.1) is 0 Å². The molecule has 0 bridgehead atoms. The van der Waals surface area contributed by atoms with E-state index in [1.165, 1.54) is 24.0 Å². The number of hydrogen-bond acceptors (Lipinski definition) is 0. The van der Waals surface area contributed by atoms with Crippen molar-refractivity contribution >= 4 is 23.1 Å². The van der Waals surface area contributed by atoms with E-state index in [0.717, 1.165) is 0 Å². The molecule has 2 aromatic rings. The third-order valence-corrected chi connectivity index (χ3v) is 3.85. The maximum Gasteiger partial charge on any atom is 2.00 e. The zero-order chi connectivity index (χ0) is 14.8. The summed E-state index contributed by atoms with van der Waals surface area (Å²) in [5.41, 5.74) is 2.84. The molecule has 3 heteroatoms. The first kappa shape index (κ1) is 20.1. The minimum Gasteiger partial charge on any atom is -0.218 e. The first-order valence-electron chi connectivity index (χ1n) is 7.61. The zero-order valence-corrected chi connectivity index (χ0v) is 15.3. The molecule has 0 saturated heterocycles. The Hall–Kier alpha value is -0.934. The van der Waals surface area contributed by atoms with Gasteiger partial charge < -0.3 is 0 Å². The van der Waals surface area contributed by atoms with Gasteiger partial charge in [-0.05, 0) is 35.8 Å². The third-order valence-electron chi connectivity index (χ3n) is 3.85. The van der Waals surface area contributed by atoms with Gasteiger partial charge in [-0.3, -0.25) is 0 Å². The normalized spacial score (nSPS) is 12.4. The van der Waals surface area contributed by atoms with Crippen LogP contribution in [0, 0.1) is 0 Å². The van der Waals surface area contributed by atoms with Crippen molar-refractivity contribution in [1.82, 2.24) is 0 Å². The minimum absolute atomic E-state index is 0. The Labute approximate surface area is 145 Å². The molecule has 0 aliphatic carbocycles. The van der Waals surface area contributed by atoms with Crippen LogP contribution in [0.2, 0.25) is 0 Å². The number of aromatic amines is 2. The summed E-state index contributed by atoms with van der Waals surface area (Å²) < 4.78 is 0. The molecule has 0 aliphatic rings. The maximum absolute atomic E-state index is 3.01. The van der Waals surface area contributed by atoms with E-state index in [-0.39, 0.29) is 23.1 Å². The van der Waals surface area contributed by atoms with E-state index in [1.807, 2.05) is 24.8 Å². The molecule has 0 spiro atoms. The smallest absolute Gasteiger partial charge is 0.218 e. The van der Waals surface area contributed by atoms with Gasteiger partial charge in [-0.2, -0.15) is 0 Å². The van der Waals surface area contributed by atoms with Gasteiger partial charge in [-0.25, -0.2) is 9.97 Å². The molecule has 2 aromatic heterocycles. The quantitative estimate of drug-likeness (QED) is 0.771. The van der Waals surface area contributed by atoms with Crippen LogP contribution in [0.5, 0.6) is 0 Å². The van der Waals surface area contributed by atoms with Gasteiger partial charge in [0.1, 0.15) is 0 Å². The molecule has 2 unspecified atom stereocenters. The van der Waals surface area contributed by atoms with E-state index >= 15 is 0 Å². The first-order valence-corrected chi connectivity index (χ1v) is 7.61. The molecule has 2 atom stereocenters. The van der Waals surface area contributed by atoms with Gasteiger partial charge in [-0.1, -0.05) is 27.7 Å². The van der Waals surface area contributed by atoms with Crippen LogP contribution < -0.4 is 9.97 Å². The summed E-state index contributed by atoms with van der Waals surface area (Å²) in [5.74, 6) is 1.38. The van der Waals surface area contributed by atoms with Crippen LogP contribution in [-0.4, -0.2) is 23.1 Å². The number of aromatic nitrogens is 2. The Kier molecular flexibility index (Phi) is 11.2. The number of hydrogen-bond donors (Lipinski definition) is 0. The second-order valence-corrected chi connectivity index (χ2v) is 5.29. The molecule has 0 aromatic carbocycles. The number of rotatable bonds is 4. The summed E-state index contributed by atoms with van der Waals surface area (Å²) in [6.45, 7) is 8.91. The van der Waals surface area contributed by atoms with Crippen LogP contribution in [0.4, 0.5) is 0 Å². The molecule has 2 heterocycles. The summed E-state index contributed by atoms with van der Waals surface area (Å²) in [5, 5.41) is 0. The molecule has 0 radical (unpaired) electrons. The fourth-order valence-electron chi connectivity index (χ4n) is 1.93.